The number of hydrogen-bond acceptors (Lipinski definition) is 5. The van der Waals surface area contributed by atoms with Crippen molar-refractivity contribution >= 4 is 0 Å². The highest BCUT2D eigenvalue weighted by Crippen LogP contribution is 2.20. The van der Waals surface area contributed by atoms with Crippen LogP contribution < -0.4 is 11.3 Å². The van der Waals surface area contributed by atoms with E-state index >= 15 is 0 Å². The fourth-order valence-corrected chi connectivity index (χ4v) is 1.49. The van der Waals surface area contributed by atoms with Crippen LogP contribution in [0.1, 0.15) is 5.56 Å². The van der Waals surface area contributed by atoms with E-state index in [1.54, 1.807) is 30.5 Å². The van der Waals surface area contributed by atoms with Gasteiger partial charge < -0.3 is 10.2 Å². The molecule has 0 atom stereocenters. The summed E-state index contributed by atoms with van der Waals surface area (Å²) in [7, 11) is 0. The Morgan fingerprint density at radius 1 is 1.06 bits per heavy atom. The standard InChI is InChI=1S/C12H13N3O2/c13-15-12(16,17)10-6-4-9(5-7-10)11-3-1-2-8-14-11/h1-8,15-17H,13H2. The first-order valence-electron chi connectivity index (χ1n) is 5.08. The van der Waals surface area contributed by atoms with Crippen LogP contribution in [0.3, 0.4) is 0 Å². The van der Waals surface area contributed by atoms with Gasteiger partial charge in [0.2, 0.25) is 0 Å². The number of benzene rings is 1. The average Bonchev–Trinajstić information content (AvgIpc) is 2.40. The summed E-state index contributed by atoms with van der Waals surface area (Å²) in [6.45, 7) is 0. The molecule has 0 fully saturated rings. The minimum Gasteiger partial charge on any atom is -0.349 e. The lowest BCUT2D eigenvalue weighted by Crippen LogP contribution is -2.46. The highest BCUT2D eigenvalue weighted by Gasteiger charge is 2.23. The molecule has 0 saturated carbocycles. The van der Waals surface area contributed by atoms with Gasteiger partial charge in [0, 0.05) is 17.3 Å². The van der Waals surface area contributed by atoms with Gasteiger partial charge in [0.25, 0.3) is 5.91 Å². The van der Waals surface area contributed by atoms with Crippen LogP contribution in [0.15, 0.2) is 48.7 Å². The highest BCUT2D eigenvalue weighted by molar-refractivity contribution is 5.59. The minimum atomic E-state index is -2.22. The van der Waals surface area contributed by atoms with Crippen LogP contribution >= 0.6 is 0 Å². The number of nitrogens with one attached hydrogen (secondary N) is 1. The molecule has 0 amide bonds. The van der Waals surface area contributed by atoms with Crippen molar-refractivity contribution in [1.29, 1.82) is 0 Å². The van der Waals surface area contributed by atoms with Crippen LogP contribution in [0.5, 0.6) is 0 Å². The third-order valence-electron chi connectivity index (χ3n) is 2.45. The third-order valence-corrected chi connectivity index (χ3v) is 2.45. The molecule has 5 nitrogen and oxygen atoms in total. The zero-order chi connectivity index (χ0) is 12.3. The molecule has 0 aliphatic carbocycles. The fourth-order valence-electron chi connectivity index (χ4n) is 1.49. The van der Waals surface area contributed by atoms with Crippen molar-refractivity contribution < 1.29 is 10.2 Å². The molecule has 1 aromatic heterocycles. The molecule has 5 heteroatoms. The normalized spacial score (nSPS) is 11.5. The molecule has 88 valence electrons. The van der Waals surface area contributed by atoms with Crippen LogP contribution in [-0.2, 0) is 5.91 Å². The highest BCUT2D eigenvalue weighted by atomic mass is 16.5. The van der Waals surface area contributed by atoms with Gasteiger partial charge in [-0.2, -0.15) is 0 Å². The Balaban J connectivity index is 2.31. The van der Waals surface area contributed by atoms with Crippen molar-refractivity contribution in [2.75, 3.05) is 0 Å². The van der Waals surface area contributed by atoms with Crippen molar-refractivity contribution in [2.24, 2.45) is 5.84 Å². The first-order chi connectivity index (χ1) is 8.13. The zero-order valence-corrected chi connectivity index (χ0v) is 9.04. The Labute approximate surface area is 98.5 Å². The summed E-state index contributed by atoms with van der Waals surface area (Å²) < 4.78 is 0. The number of hydrazine groups is 1. The lowest BCUT2D eigenvalue weighted by Gasteiger charge is -2.20. The van der Waals surface area contributed by atoms with Gasteiger partial charge in [-0.25, -0.2) is 5.43 Å². The molecular weight excluding hydrogens is 218 g/mol. The zero-order valence-electron chi connectivity index (χ0n) is 9.04. The maximum atomic E-state index is 9.46. The van der Waals surface area contributed by atoms with Crippen molar-refractivity contribution in [3.63, 3.8) is 0 Å². The molecule has 0 aliphatic heterocycles. The molecule has 1 aromatic carbocycles. The first kappa shape index (κ1) is 11.7. The van der Waals surface area contributed by atoms with Crippen molar-refractivity contribution in [3.8, 4) is 11.3 Å². The molecule has 5 N–H and O–H groups in total. The molecule has 17 heavy (non-hydrogen) atoms. The smallest absolute Gasteiger partial charge is 0.263 e. The summed E-state index contributed by atoms with van der Waals surface area (Å²) in [4.78, 5) is 4.20. The van der Waals surface area contributed by atoms with Gasteiger partial charge in [0.05, 0.1) is 5.69 Å². The van der Waals surface area contributed by atoms with E-state index in [2.05, 4.69) is 4.98 Å². The monoisotopic (exact) mass is 231 g/mol. The SMILES string of the molecule is NNC(O)(O)c1ccc(-c2ccccn2)cc1. The fraction of sp³-hybridized carbons (Fsp3) is 0.0833. The number of nitrogens with two attached hydrogens (primary N) is 1. The second-order valence-corrected chi connectivity index (χ2v) is 3.61. The average molecular weight is 231 g/mol. The first-order valence-corrected chi connectivity index (χ1v) is 5.08. The van der Waals surface area contributed by atoms with Crippen molar-refractivity contribution in [3.05, 3.63) is 54.2 Å². The van der Waals surface area contributed by atoms with E-state index in [4.69, 9.17) is 5.84 Å². The van der Waals surface area contributed by atoms with Crippen molar-refractivity contribution in [2.45, 2.75) is 5.91 Å². The summed E-state index contributed by atoms with van der Waals surface area (Å²) in [5, 5.41) is 18.9. The molecule has 0 bridgehead atoms. The molecule has 0 aliphatic rings. The number of nitrogens with zero attached hydrogens (tertiary/aromatic N) is 1. The Bertz CT molecular complexity index is 483. The summed E-state index contributed by atoms with van der Waals surface area (Å²) in [5.41, 5.74) is 3.89. The Morgan fingerprint density at radius 3 is 2.29 bits per heavy atom. The molecule has 2 rings (SSSR count). The van der Waals surface area contributed by atoms with Gasteiger partial charge in [-0.3, -0.25) is 10.8 Å². The van der Waals surface area contributed by atoms with Gasteiger partial charge in [-0.05, 0) is 12.1 Å². The topological polar surface area (TPSA) is 91.4 Å². The van der Waals surface area contributed by atoms with Crippen LogP contribution in [-0.4, -0.2) is 15.2 Å². The van der Waals surface area contributed by atoms with Crippen LogP contribution in [0, 0.1) is 0 Å². The van der Waals surface area contributed by atoms with Gasteiger partial charge in [0.15, 0.2) is 0 Å². The van der Waals surface area contributed by atoms with Gasteiger partial charge in [-0.1, -0.05) is 30.3 Å². The van der Waals surface area contributed by atoms with Gasteiger partial charge in [-0.15, -0.1) is 0 Å². The van der Waals surface area contributed by atoms with E-state index in [9.17, 15) is 10.2 Å². The molecule has 0 saturated heterocycles. The largest absolute Gasteiger partial charge is 0.349 e. The third kappa shape index (κ3) is 2.48. The summed E-state index contributed by atoms with van der Waals surface area (Å²) in [6.07, 6.45) is 1.70. The van der Waals surface area contributed by atoms with E-state index < -0.39 is 5.91 Å². The summed E-state index contributed by atoms with van der Waals surface area (Å²) in [6, 6.07) is 12.2. The maximum absolute atomic E-state index is 9.46. The van der Waals surface area contributed by atoms with Crippen LogP contribution in [0.2, 0.25) is 0 Å². The van der Waals surface area contributed by atoms with E-state index in [-0.39, 0.29) is 5.56 Å². The summed E-state index contributed by atoms with van der Waals surface area (Å²) >= 11 is 0. The predicted molar refractivity (Wildman–Crippen MR) is 63.1 cm³/mol. The molecular formula is C12H13N3O2. The minimum absolute atomic E-state index is 0.264. The van der Waals surface area contributed by atoms with E-state index in [0.717, 1.165) is 11.3 Å². The lowest BCUT2D eigenvalue weighted by molar-refractivity contribution is -0.195. The molecule has 1 heterocycles. The van der Waals surface area contributed by atoms with E-state index in [0.29, 0.717) is 0 Å². The van der Waals surface area contributed by atoms with Crippen LogP contribution in [0.4, 0.5) is 0 Å². The number of aliphatic hydroxyl groups is 2. The van der Waals surface area contributed by atoms with Gasteiger partial charge in [0.1, 0.15) is 0 Å². The second-order valence-electron chi connectivity index (χ2n) is 3.61. The Hall–Kier alpha value is -1.79. The maximum Gasteiger partial charge on any atom is 0.263 e. The second kappa shape index (κ2) is 4.60. The van der Waals surface area contributed by atoms with Crippen molar-refractivity contribution in [1.82, 2.24) is 10.4 Å². The predicted octanol–water partition coefficient (Wildman–Crippen LogP) is 0.307. The van der Waals surface area contributed by atoms with E-state index in [1.807, 2.05) is 23.6 Å². The molecule has 0 radical (unpaired) electrons. The molecule has 0 unspecified atom stereocenters. The van der Waals surface area contributed by atoms with E-state index in [1.165, 1.54) is 0 Å². The quantitative estimate of drug-likeness (QED) is 0.346. The Kier molecular flexibility index (Phi) is 3.16. The lowest BCUT2D eigenvalue weighted by atomic mass is 10.1. The number of pyridine rings is 1. The number of hydrogen-bond donors (Lipinski definition) is 4. The Morgan fingerprint density at radius 2 is 1.76 bits per heavy atom. The summed E-state index contributed by atoms with van der Waals surface area (Å²) in [5.74, 6) is 2.81. The molecule has 0 spiro atoms. The number of rotatable bonds is 3. The number of aromatic nitrogens is 1. The van der Waals surface area contributed by atoms with Crippen LogP contribution in [0.25, 0.3) is 11.3 Å². The molecule has 2 aromatic rings. The van der Waals surface area contributed by atoms with Gasteiger partial charge >= 0.3 is 0 Å².